The number of hydrogen-bond acceptors (Lipinski definition) is 5. The van der Waals surface area contributed by atoms with Crippen molar-refractivity contribution in [2.75, 3.05) is 5.32 Å². The van der Waals surface area contributed by atoms with E-state index >= 15 is 0 Å². The van der Waals surface area contributed by atoms with E-state index in [1.165, 1.54) is 24.2 Å². The Balaban J connectivity index is 1.82. The molecule has 122 valence electrons. The van der Waals surface area contributed by atoms with E-state index in [1.807, 2.05) is 6.07 Å². The first-order chi connectivity index (χ1) is 11.1. The molecule has 1 unspecified atom stereocenters. The van der Waals surface area contributed by atoms with Crippen molar-refractivity contribution < 1.29 is 4.79 Å². The number of amides is 1. The lowest BCUT2D eigenvalue weighted by Crippen LogP contribution is -2.20. The molecular formula is C15H15Cl2N3OS2. The van der Waals surface area contributed by atoms with Gasteiger partial charge in [-0.25, -0.2) is 0 Å². The van der Waals surface area contributed by atoms with Gasteiger partial charge in [-0.1, -0.05) is 53.4 Å². The van der Waals surface area contributed by atoms with E-state index in [-0.39, 0.29) is 11.2 Å². The number of hydrogen-bond donors (Lipinski definition) is 1. The minimum atomic E-state index is -0.336. The predicted octanol–water partition coefficient (Wildman–Crippen LogP) is 5.20. The first kappa shape index (κ1) is 17.0. The molecule has 0 saturated heterocycles. The summed E-state index contributed by atoms with van der Waals surface area (Å²) in [4.78, 5) is 12.7. The monoisotopic (exact) mass is 387 g/mol. The summed E-state index contributed by atoms with van der Waals surface area (Å²) in [5.74, 6) is -0.1000. The van der Waals surface area contributed by atoms with Crippen LogP contribution in [-0.4, -0.2) is 21.4 Å². The molecule has 1 heterocycles. The molecule has 1 fully saturated rings. The number of rotatable bonds is 5. The fraction of sp³-hybridized carbons (Fsp3) is 0.400. The van der Waals surface area contributed by atoms with Crippen LogP contribution in [0, 0.1) is 0 Å². The van der Waals surface area contributed by atoms with E-state index in [2.05, 4.69) is 15.5 Å². The fourth-order valence-electron chi connectivity index (χ4n) is 2.58. The average molecular weight is 388 g/mol. The molecule has 0 aliphatic heterocycles. The number of carbonyl (C=O) groups excluding carboxylic acids is 1. The quantitative estimate of drug-likeness (QED) is 0.765. The van der Waals surface area contributed by atoms with Gasteiger partial charge < -0.3 is 0 Å². The average Bonchev–Trinajstić information content (AvgIpc) is 3.21. The van der Waals surface area contributed by atoms with Crippen LogP contribution in [0.15, 0.2) is 23.7 Å². The molecule has 0 spiro atoms. The first-order valence-electron chi connectivity index (χ1n) is 7.31. The number of thioether (sulfide) groups is 1. The van der Waals surface area contributed by atoms with Gasteiger partial charge in [0, 0.05) is 5.25 Å². The minimum absolute atomic E-state index is 0.1000. The molecule has 1 amide bonds. The zero-order valence-electron chi connectivity index (χ0n) is 12.2. The molecule has 1 aliphatic rings. The van der Waals surface area contributed by atoms with Crippen LogP contribution in [0.4, 0.5) is 5.13 Å². The molecule has 0 radical (unpaired) electrons. The number of nitrogens with zero attached hydrogens (tertiary/aromatic N) is 2. The lowest BCUT2D eigenvalue weighted by molar-refractivity contribution is -0.115. The topological polar surface area (TPSA) is 54.9 Å². The van der Waals surface area contributed by atoms with E-state index in [1.54, 1.807) is 29.4 Å². The van der Waals surface area contributed by atoms with Gasteiger partial charge in [-0.05, 0) is 30.5 Å². The van der Waals surface area contributed by atoms with Crippen LogP contribution in [0.3, 0.4) is 0 Å². The van der Waals surface area contributed by atoms with E-state index < -0.39 is 0 Å². The van der Waals surface area contributed by atoms with Crippen molar-refractivity contribution in [2.24, 2.45) is 0 Å². The maximum Gasteiger partial charge on any atom is 0.243 e. The fourth-order valence-corrected chi connectivity index (χ4v) is 4.81. The normalized spacial score (nSPS) is 16.4. The van der Waals surface area contributed by atoms with Gasteiger partial charge in [0.1, 0.15) is 10.8 Å². The molecule has 23 heavy (non-hydrogen) atoms. The van der Waals surface area contributed by atoms with Crippen LogP contribution in [0.25, 0.3) is 0 Å². The number of halogens is 2. The van der Waals surface area contributed by atoms with E-state index in [4.69, 9.17) is 23.2 Å². The molecular weight excluding hydrogens is 373 g/mol. The highest BCUT2D eigenvalue weighted by Crippen LogP contribution is 2.41. The summed E-state index contributed by atoms with van der Waals surface area (Å²) in [6.07, 6.45) is 4.75. The van der Waals surface area contributed by atoms with Gasteiger partial charge in [0.2, 0.25) is 11.0 Å². The summed E-state index contributed by atoms with van der Waals surface area (Å²) < 4.78 is 0. The summed E-state index contributed by atoms with van der Waals surface area (Å²) in [6.45, 7) is 0. The van der Waals surface area contributed by atoms with Crippen molar-refractivity contribution in [3.05, 3.63) is 39.3 Å². The van der Waals surface area contributed by atoms with Crippen LogP contribution in [0.2, 0.25) is 10.0 Å². The first-order valence-corrected chi connectivity index (χ1v) is 9.89. The van der Waals surface area contributed by atoms with Gasteiger partial charge in [-0.3, -0.25) is 10.1 Å². The molecule has 2 aromatic rings. The summed E-state index contributed by atoms with van der Waals surface area (Å²) in [7, 11) is 0. The summed E-state index contributed by atoms with van der Waals surface area (Å²) in [5, 5.41) is 12.1. The third kappa shape index (κ3) is 4.38. The van der Waals surface area contributed by atoms with Crippen LogP contribution >= 0.6 is 46.3 Å². The molecule has 1 saturated carbocycles. The summed E-state index contributed by atoms with van der Waals surface area (Å²) in [6, 6.07) is 5.37. The Morgan fingerprint density at radius 1 is 1.30 bits per heavy atom. The Morgan fingerprint density at radius 3 is 2.74 bits per heavy atom. The Kier molecular flexibility index (Phi) is 5.80. The Labute approximate surface area is 153 Å². The molecule has 0 bridgehead atoms. The number of nitrogens with one attached hydrogen (secondary N) is 1. The Hall–Kier alpha value is -0.820. The molecule has 1 N–H and O–H groups in total. The van der Waals surface area contributed by atoms with E-state index in [9.17, 15) is 4.79 Å². The smallest absolute Gasteiger partial charge is 0.243 e. The second-order valence-corrected chi connectivity index (χ2v) is 8.39. The number of carbonyl (C=O) groups is 1. The zero-order chi connectivity index (χ0) is 16.2. The molecule has 1 atom stereocenters. The van der Waals surface area contributed by atoms with E-state index in [0.29, 0.717) is 20.4 Å². The number of anilines is 1. The SMILES string of the molecule is O=C(Nc1nncs1)C(SC1CCCC1)c1ccc(Cl)c(Cl)c1. The minimum Gasteiger partial charge on any atom is -0.299 e. The molecule has 1 aromatic carbocycles. The number of aromatic nitrogens is 2. The zero-order valence-corrected chi connectivity index (χ0v) is 15.3. The predicted molar refractivity (Wildman–Crippen MR) is 97.6 cm³/mol. The highest BCUT2D eigenvalue weighted by molar-refractivity contribution is 8.00. The van der Waals surface area contributed by atoms with Crippen molar-refractivity contribution in [3.63, 3.8) is 0 Å². The highest BCUT2D eigenvalue weighted by Gasteiger charge is 2.28. The Morgan fingerprint density at radius 2 is 2.09 bits per heavy atom. The standard InChI is InChI=1S/C15H15Cl2N3OS2/c16-11-6-5-9(7-12(11)17)13(23-10-3-1-2-4-10)14(21)19-15-20-18-8-22-15/h5-8,10,13H,1-4H2,(H,19,20,21). The molecule has 8 heteroatoms. The van der Waals surface area contributed by atoms with Gasteiger partial charge in [-0.2, -0.15) is 0 Å². The lowest BCUT2D eigenvalue weighted by atomic mass is 10.1. The van der Waals surface area contributed by atoms with Crippen molar-refractivity contribution in [2.45, 2.75) is 36.2 Å². The lowest BCUT2D eigenvalue weighted by Gasteiger charge is -2.20. The molecule has 1 aromatic heterocycles. The Bertz CT molecular complexity index is 675. The van der Waals surface area contributed by atoms with Crippen LogP contribution < -0.4 is 5.32 Å². The van der Waals surface area contributed by atoms with Gasteiger partial charge in [0.25, 0.3) is 0 Å². The third-order valence-corrected chi connectivity index (χ3v) is 6.67. The van der Waals surface area contributed by atoms with Gasteiger partial charge >= 0.3 is 0 Å². The molecule has 4 nitrogen and oxygen atoms in total. The second-order valence-electron chi connectivity index (χ2n) is 5.33. The van der Waals surface area contributed by atoms with Crippen LogP contribution in [-0.2, 0) is 4.79 Å². The third-order valence-electron chi connectivity index (χ3n) is 3.71. The number of benzene rings is 1. The van der Waals surface area contributed by atoms with Crippen molar-refractivity contribution in [3.8, 4) is 0 Å². The van der Waals surface area contributed by atoms with Crippen molar-refractivity contribution in [1.29, 1.82) is 0 Å². The van der Waals surface area contributed by atoms with Gasteiger partial charge in [0.15, 0.2) is 0 Å². The van der Waals surface area contributed by atoms with Gasteiger partial charge in [0.05, 0.1) is 10.0 Å². The van der Waals surface area contributed by atoms with Crippen LogP contribution in [0.5, 0.6) is 0 Å². The maximum absolute atomic E-state index is 12.7. The maximum atomic E-state index is 12.7. The summed E-state index contributed by atoms with van der Waals surface area (Å²) in [5.41, 5.74) is 2.45. The summed E-state index contributed by atoms with van der Waals surface area (Å²) >= 11 is 15.1. The second kappa shape index (κ2) is 7.83. The highest BCUT2D eigenvalue weighted by atomic mass is 35.5. The van der Waals surface area contributed by atoms with E-state index in [0.717, 1.165) is 18.4 Å². The van der Waals surface area contributed by atoms with Crippen molar-refractivity contribution >= 4 is 57.3 Å². The van der Waals surface area contributed by atoms with Gasteiger partial charge in [-0.15, -0.1) is 22.0 Å². The largest absolute Gasteiger partial charge is 0.299 e. The van der Waals surface area contributed by atoms with Crippen LogP contribution in [0.1, 0.15) is 36.5 Å². The molecule has 1 aliphatic carbocycles. The van der Waals surface area contributed by atoms with Crippen molar-refractivity contribution in [1.82, 2.24) is 10.2 Å². The molecule has 3 rings (SSSR count).